The van der Waals surface area contributed by atoms with E-state index in [0.29, 0.717) is 23.4 Å². The third-order valence-corrected chi connectivity index (χ3v) is 6.30. The second-order valence-electron chi connectivity index (χ2n) is 10.4. The van der Waals surface area contributed by atoms with Gasteiger partial charge in [-0.25, -0.2) is 4.39 Å². The Hall–Kier alpha value is -4.93. The molecule has 5 rings (SSSR count). The number of benzene rings is 2. The fourth-order valence-electron chi connectivity index (χ4n) is 4.24. The van der Waals surface area contributed by atoms with Crippen molar-refractivity contribution in [2.24, 2.45) is 5.41 Å². The zero-order valence-corrected chi connectivity index (χ0v) is 22.3. The predicted octanol–water partition coefficient (Wildman–Crippen LogP) is 4.13. The van der Waals surface area contributed by atoms with Gasteiger partial charge in [-0.1, -0.05) is 62.3 Å². The molecule has 2 aromatic carbocycles. The summed E-state index contributed by atoms with van der Waals surface area (Å²) in [5.74, 6) is -0.701. The molecule has 10 nitrogen and oxygen atoms in total. The zero-order valence-electron chi connectivity index (χ0n) is 22.3. The van der Waals surface area contributed by atoms with E-state index in [1.807, 2.05) is 45.0 Å². The van der Waals surface area contributed by atoms with Crippen LogP contribution in [0.1, 0.15) is 42.7 Å². The summed E-state index contributed by atoms with van der Waals surface area (Å²) in [4.78, 5) is 35.2. The Labute approximate surface area is 229 Å². The summed E-state index contributed by atoms with van der Waals surface area (Å²) in [7, 11) is 0. The number of rotatable bonds is 8. The molecule has 0 aliphatic rings. The van der Waals surface area contributed by atoms with Crippen LogP contribution in [0.25, 0.3) is 22.4 Å². The van der Waals surface area contributed by atoms with E-state index in [-0.39, 0.29) is 23.9 Å². The van der Waals surface area contributed by atoms with Crippen LogP contribution in [0.2, 0.25) is 0 Å². The number of pyridine rings is 1. The molecule has 0 saturated heterocycles. The standard InChI is InChI=1S/C29H28FN7O3/c1-29(2,3)25(28(39)32-16-23-33-26(36-40-23)21-9-6-7-15-31-21)34-27(38)24-20-8-4-5-10-22(20)37(35-24)17-18-11-13-19(30)14-12-18/h4-15,25H,16-17H2,1-3H3,(H,32,39)(H,34,38)/t25-/m1/s1. The molecule has 11 heteroatoms. The highest BCUT2D eigenvalue weighted by molar-refractivity contribution is 6.06. The lowest BCUT2D eigenvalue weighted by atomic mass is 9.86. The number of halogens is 1. The van der Waals surface area contributed by atoms with Crippen molar-refractivity contribution < 1.29 is 18.5 Å². The number of hydrogen-bond acceptors (Lipinski definition) is 7. The molecule has 0 radical (unpaired) electrons. The van der Waals surface area contributed by atoms with Crippen LogP contribution in [0.15, 0.2) is 77.4 Å². The van der Waals surface area contributed by atoms with Gasteiger partial charge in [0.15, 0.2) is 5.69 Å². The van der Waals surface area contributed by atoms with Crippen LogP contribution in [-0.2, 0) is 17.9 Å². The Kier molecular flexibility index (Phi) is 7.37. The highest BCUT2D eigenvalue weighted by Gasteiger charge is 2.34. The minimum absolute atomic E-state index is 0.0175. The fourth-order valence-corrected chi connectivity index (χ4v) is 4.24. The van der Waals surface area contributed by atoms with Crippen LogP contribution in [-0.4, -0.2) is 42.8 Å². The average molecular weight is 542 g/mol. The first-order chi connectivity index (χ1) is 19.2. The number of nitrogens with one attached hydrogen (secondary N) is 2. The van der Waals surface area contributed by atoms with Gasteiger partial charge in [-0.3, -0.25) is 19.3 Å². The summed E-state index contributed by atoms with van der Waals surface area (Å²) in [5, 5.41) is 14.8. The second kappa shape index (κ2) is 11.0. The number of aromatic nitrogens is 5. The van der Waals surface area contributed by atoms with Crippen LogP contribution in [0.5, 0.6) is 0 Å². The summed E-state index contributed by atoms with van der Waals surface area (Å²) in [6.07, 6.45) is 1.62. The zero-order chi connectivity index (χ0) is 28.3. The molecular formula is C29H28FN7O3. The van der Waals surface area contributed by atoms with E-state index in [2.05, 4.69) is 30.9 Å². The van der Waals surface area contributed by atoms with Gasteiger partial charge in [0, 0.05) is 11.6 Å². The molecule has 0 saturated carbocycles. The van der Waals surface area contributed by atoms with Gasteiger partial charge in [-0.2, -0.15) is 10.1 Å². The lowest BCUT2D eigenvalue weighted by Gasteiger charge is -2.30. The summed E-state index contributed by atoms with van der Waals surface area (Å²) in [6, 6.07) is 17.9. The monoisotopic (exact) mass is 541 g/mol. The molecule has 2 N–H and O–H groups in total. The van der Waals surface area contributed by atoms with Crippen molar-refractivity contribution in [3.8, 4) is 11.5 Å². The van der Waals surface area contributed by atoms with Gasteiger partial charge in [0.05, 0.1) is 18.6 Å². The second-order valence-corrected chi connectivity index (χ2v) is 10.4. The van der Waals surface area contributed by atoms with Gasteiger partial charge in [-0.15, -0.1) is 0 Å². The Morgan fingerprint density at radius 1 is 1.02 bits per heavy atom. The van der Waals surface area contributed by atoms with Gasteiger partial charge in [-0.05, 0) is 41.3 Å². The molecule has 2 amide bonds. The van der Waals surface area contributed by atoms with Gasteiger partial charge in [0.1, 0.15) is 17.6 Å². The maximum absolute atomic E-state index is 13.5. The summed E-state index contributed by atoms with van der Waals surface area (Å²) >= 11 is 0. The van der Waals surface area contributed by atoms with Gasteiger partial charge < -0.3 is 15.2 Å². The molecule has 3 heterocycles. The summed E-state index contributed by atoms with van der Waals surface area (Å²) < 4.78 is 20.3. The summed E-state index contributed by atoms with van der Waals surface area (Å²) in [6.45, 7) is 5.90. The van der Waals surface area contributed by atoms with E-state index in [4.69, 9.17) is 4.52 Å². The Morgan fingerprint density at radius 3 is 2.50 bits per heavy atom. The van der Waals surface area contributed by atoms with E-state index in [0.717, 1.165) is 11.1 Å². The molecule has 0 spiro atoms. The van der Waals surface area contributed by atoms with Crippen LogP contribution >= 0.6 is 0 Å². The first-order valence-corrected chi connectivity index (χ1v) is 12.7. The van der Waals surface area contributed by atoms with E-state index in [9.17, 15) is 14.0 Å². The van der Waals surface area contributed by atoms with Gasteiger partial charge in [0.25, 0.3) is 5.91 Å². The predicted molar refractivity (Wildman–Crippen MR) is 145 cm³/mol. The average Bonchev–Trinajstić information content (AvgIpc) is 3.57. The molecule has 204 valence electrons. The molecule has 0 fully saturated rings. The first kappa shape index (κ1) is 26.7. The fraction of sp³-hybridized carbons (Fsp3) is 0.241. The Morgan fingerprint density at radius 2 is 1.77 bits per heavy atom. The van der Waals surface area contributed by atoms with E-state index in [1.54, 1.807) is 41.2 Å². The molecule has 0 aliphatic heterocycles. The van der Waals surface area contributed by atoms with E-state index in [1.165, 1.54) is 12.1 Å². The van der Waals surface area contributed by atoms with Crippen LogP contribution in [0.4, 0.5) is 4.39 Å². The lowest BCUT2D eigenvalue weighted by molar-refractivity contribution is -0.125. The summed E-state index contributed by atoms with van der Waals surface area (Å²) in [5.41, 5.74) is 1.70. The highest BCUT2D eigenvalue weighted by Crippen LogP contribution is 2.23. The highest BCUT2D eigenvalue weighted by atomic mass is 19.1. The number of fused-ring (bicyclic) bond motifs is 1. The van der Waals surface area contributed by atoms with Crippen molar-refractivity contribution in [3.63, 3.8) is 0 Å². The van der Waals surface area contributed by atoms with Crippen LogP contribution in [0.3, 0.4) is 0 Å². The molecule has 1 atom stereocenters. The molecule has 5 aromatic rings. The molecule has 0 unspecified atom stereocenters. The molecule has 0 bridgehead atoms. The van der Waals surface area contributed by atoms with Crippen molar-refractivity contribution >= 4 is 22.7 Å². The van der Waals surface area contributed by atoms with E-state index < -0.39 is 23.3 Å². The smallest absolute Gasteiger partial charge is 0.273 e. The molecule has 40 heavy (non-hydrogen) atoms. The van der Waals surface area contributed by atoms with E-state index >= 15 is 0 Å². The number of carbonyl (C=O) groups is 2. The quantitative estimate of drug-likeness (QED) is 0.302. The molecule has 0 aliphatic carbocycles. The first-order valence-electron chi connectivity index (χ1n) is 12.7. The van der Waals surface area contributed by atoms with Crippen molar-refractivity contribution in [2.75, 3.05) is 0 Å². The van der Waals surface area contributed by atoms with Crippen LogP contribution < -0.4 is 10.6 Å². The SMILES string of the molecule is CC(C)(C)[C@H](NC(=O)c1nn(Cc2ccc(F)cc2)c2ccccc12)C(=O)NCc1nc(-c2ccccn2)no1. The third kappa shape index (κ3) is 5.88. The normalized spacial score (nSPS) is 12.3. The number of carbonyl (C=O) groups excluding carboxylic acids is 2. The molecule has 3 aromatic heterocycles. The van der Waals surface area contributed by atoms with Crippen LogP contribution in [0, 0.1) is 11.2 Å². The lowest BCUT2D eigenvalue weighted by Crippen LogP contribution is -2.53. The maximum atomic E-state index is 13.5. The van der Waals surface area contributed by atoms with Crippen molar-refractivity contribution in [3.05, 3.63) is 95.9 Å². The minimum atomic E-state index is -0.890. The van der Waals surface area contributed by atoms with Crippen molar-refractivity contribution in [1.29, 1.82) is 0 Å². The Balaban J connectivity index is 1.32. The molecular weight excluding hydrogens is 513 g/mol. The number of amides is 2. The van der Waals surface area contributed by atoms with Gasteiger partial charge in [0.2, 0.25) is 17.6 Å². The van der Waals surface area contributed by atoms with Crippen molar-refractivity contribution in [1.82, 2.24) is 35.5 Å². The van der Waals surface area contributed by atoms with Gasteiger partial charge >= 0.3 is 0 Å². The third-order valence-electron chi connectivity index (χ3n) is 6.30. The number of para-hydroxylation sites is 1. The topological polar surface area (TPSA) is 128 Å². The minimum Gasteiger partial charge on any atom is -0.345 e. The Bertz CT molecular complexity index is 1640. The maximum Gasteiger partial charge on any atom is 0.273 e. The number of nitrogens with zero attached hydrogens (tertiary/aromatic N) is 5. The largest absolute Gasteiger partial charge is 0.345 e. The van der Waals surface area contributed by atoms with Crippen molar-refractivity contribution in [2.45, 2.75) is 39.9 Å². The number of hydrogen-bond donors (Lipinski definition) is 2.